The second-order valence-corrected chi connectivity index (χ2v) is 18.6. The van der Waals surface area contributed by atoms with Gasteiger partial charge in [0.25, 0.3) is 0 Å². The van der Waals surface area contributed by atoms with E-state index in [0.29, 0.717) is 25.7 Å². The summed E-state index contributed by atoms with van der Waals surface area (Å²) in [5, 5.41) is 40.6. The number of hydrogen-bond donors (Lipinski definition) is 14. The van der Waals surface area contributed by atoms with E-state index in [1.54, 1.807) is 55.4 Å². The van der Waals surface area contributed by atoms with E-state index in [-0.39, 0.29) is 38.1 Å². The van der Waals surface area contributed by atoms with Gasteiger partial charge in [0.05, 0.1) is 18.6 Å². The molecule has 0 spiro atoms. The van der Waals surface area contributed by atoms with Gasteiger partial charge in [0.15, 0.2) is 0 Å². The van der Waals surface area contributed by atoms with E-state index in [1.165, 1.54) is 13.8 Å². The average Bonchev–Trinajstić information content (AvgIpc) is 3.27. The lowest BCUT2D eigenvalue weighted by Crippen LogP contribution is -2.63. The lowest BCUT2D eigenvalue weighted by Gasteiger charge is -2.32. The number of hydrogen-bond acceptors (Lipinski definition) is 14. The Labute approximate surface area is 410 Å². The molecule has 0 bridgehead atoms. The van der Waals surface area contributed by atoms with Crippen molar-refractivity contribution in [1.82, 2.24) is 42.5 Å². The zero-order valence-corrected chi connectivity index (χ0v) is 42.3. The predicted molar refractivity (Wildman–Crippen MR) is 257 cm³/mol. The van der Waals surface area contributed by atoms with Crippen molar-refractivity contribution in [1.29, 1.82) is 0 Å². The molecule has 0 rings (SSSR count). The van der Waals surface area contributed by atoms with Crippen molar-refractivity contribution in [2.75, 3.05) is 6.54 Å². The lowest BCUT2D eigenvalue weighted by atomic mass is 9.93. The van der Waals surface area contributed by atoms with Gasteiger partial charge in [-0.3, -0.25) is 47.9 Å². The summed E-state index contributed by atoms with van der Waals surface area (Å²) in [5.74, 6) is -11.7. The van der Waals surface area contributed by atoms with Crippen LogP contribution in [0.25, 0.3) is 0 Å². The van der Waals surface area contributed by atoms with Crippen LogP contribution in [0.1, 0.15) is 127 Å². The van der Waals surface area contributed by atoms with Crippen LogP contribution in [-0.4, -0.2) is 142 Å². The molecule has 10 amide bonds. The number of carbonyl (C=O) groups excluding carboxylic acids is 10. The third-order valence-corrected chi connectivity index (χ3v) is 11.6. The van der Waals surface area contributed by atoms with Crippen molar-refractivity contribution in [3.8, 4) is 0 Å². The first-order valence-corrected chi connectivity index (χ1v) is 23.9. The number of primary amides is 2. The first-order valence-electron chi connectivity index (χ1n) is 23.9. The number of unbranched alkanes of at least 4 members (excludes halogenated alkanes) is 1. The SMILES string of the molecule is CCC(C)[C@H](NC(=O)[C@@H](NC(=O)[C@H](CCCCN)NC(=O)[C@H](C)NC(=O)[C@@H](N)CC(N)=O)C(C)O)C(=O)N[C@H](C(=O)N[C@H](C(=O)N[C@@H](CCC(N)=O)C(=O)N[C@@H](CC(C)C)C(=O)O)C(C)C)C(C)CC. The Hall–Kier alpha value is -5.95. The van der Waals surface area contributed by atoms with Crippen LogP contribution in [0.5, 0.6) is 0 Å². The molecule has 0 aliphatic heterocycles. The summed E-state index contributed by atoms with van der Waals surface area (Å²) in [7, 11) is 0. The molecule has 0 aromatic heterocycles. The predicted octanol–water partition coefficient (Wildman–Crippen LogP) is -3.26. The number of nitrogens with one attached hydrogen (secondary N) is 8. The Morgan fingerprint density at radius 2 is 0.929 bits per heavy atom. The fourth-order valence-electron chi connectivity index (χ4n) is 6.86. The molecule has 0 radical (unpaired) electrons. The Morgan fingerprint density at radius 3 is 1.36 bits per heavy atom. The first kappa shape index (κ1) is 64.0. The molecular formula is C45H82N12O13. The summed E-state index contributed by atoms with van der Waals surface area (Å²) in [6.07, 6.45) is -1.08. The summed E-state index contributed by atoms with van der Waals surface area (Å²) in [4.78, 5) is 143. The molecule has 18 N–H and O–H groups in total. The van der Waals surface area contributed by atoms with E-state index in [2.05, 4.69) is 42.5 Å². The minimum absolute atomic E-state index is 0.0257. The Bertz CT molecular complexity index is 1800. The van der Waals surface area contributed by atoms with Crippen LogP contribution in [0.3, 0.4) is 0 Å². The lowest BCUT2D eigenvalue weighted by molar-refractivity contribution is -0.143. The Morgan fingerprint density at radius 1 is 0.500 bits per heavy atom. The molecule has 25 heteroatoms. The molecule has 0 saturated carbocycles. The molecule has 25 nitrogen and oxygen atoms in total. The smallest absolute Gasteiger partial charge is 0.326 e. The minimum Gasteiger partial charge on any atom is -0.480 e. The van der Waals surface area contributed by atoms with Crippen LogP contribution < -0.4 is 65.5 Å². The molecule has 400 valence electrons. The molecule has 0 aliphatic carbocycles. The molecule has 0 aromatic rings. The van der Waals surface area contributed by atoms with Gasteiger partial charge in [-0.1, -0.05) is 68.2 Å². The van der Waals surface area contributed by atoms with Gasteiger partial charge in [0, 0.05) is 6.42 Å². The monoisotopic (exact) mass is 999 g/mol. The van der Waals surface area contributed by atoms with Crippen molar-refractivity contribution in [3.63, 3.8) is 0 Å². The highest BCUT2D eigenvalue weighted by Crippen LogP contribution is 2.15. The maximum absolute atomic E-state index is 14.2. The number of nitrogens with two attached hydrogens (primary N) is 4. The van der Waals surface area contributed by atoms with Crippen LogP contribution in [0.2, 0.25) is 0 Å². The number of rotatable bonds is 34. The summed E-state index contributed by atoms with van der Waals surface area (Å²) in [6, 6.07) is -12.2. The van der Waals surface area contributed by atoms with Crippen molar-refractivity contribution in [2.24, 2.45) is 46.6 Å². The van der Waals surface area contributed by atoms with E-state index in [1.807, 2.05) is 0 Å². The molecule has 3 unspecified atom stereocenters. The molecule has 0 aliphatic rings. The van der Waals surface area contributed by atoms with Gasteiger partial charge in [0.2, 0.25) is 59.1 Å². The molecule has 0 aromatic carbocycles. The topological polar surface area (TPSA) is 429 Å². The number of carboxylic acid groups (broad SMARTS) is 1. The molecule has 70 heavy (non-hydrogen) atoms. The van der Waals surface area contributed by atoms with Crippen molar-refractivity contribution in [3.05, 3.63) is 0 Å². The second kappa shape index (κ2) is 32.0. The van der Waals surface area contributed by atoms with Gasteiger partial charge in [-0.15, -0.1) is 0 Å². The van der Waals surface area contributed by atoms with Crippen LogP contribution in [0, 0.1) is 23.7 Å². The van der Waals surface area contributed by atoms with Crippen LogP contribution in [0.15, 0.2) is 0 Å². The van der Waals surface area contributed by atoms with Crippen LogP contribution in [-0.2, 0) is 52.7 Å². The van der Waals surface area contributed by atoms with E-state index in [4.69, 9.17) is 22.9 Å². The fraction of sp³-hybridized carbons (Fsp3) is 0.756. The molecular weight excluding hydrogens is 917 g/mol. The van der Waals surface area contributed by atoms with Crippen molar-refractivity contribution < 1.29 is 63.0 Å². The first-order chi connectivity index (χ1) is 32.5. The quantitative estimate of drug-likeness (QED) is 0.0282. The zero-order valence-electron chi connectivity index (χ0n) is 42.3. The zero-order chi connectivity index (χ0) is 54.2. The van der Waals surface area contributed by atoms with E-state index in [0.717, 1.165) is 0 Å². The van der Waals surface area contributed by atoms with Crippen molar-refractivity contribution in [2.45, 2.75) is 188 Å². The average molecular weight is 999 g/mol. The number of carbonyl (C=O) groups is 11. The number of aliphatic hydroxyl groups excluding tert-OH is 1. The number of amides is 10. The highest BCUT2D eigenvalue weighted by molar-refractivity contribution is 5.98. The van der Waals surface area contributed by atoms with Gasteiger partial charge in [-0.25, -0.2) is 4.79 Å². The molecule has 0 saturated heterocycles. The van der Waals surface area contributed by atoms with Gasteiger partial charge >= 0.3 is 5.97 Å². The van der Waals surface area contributed by atoms with Crippen molar-refractivity contribution >= 4 is 65.0 Å². The summed E-state index contributed by atoms with van der Waals surface area (Å²) in [5.41, 5.74) is 21.7. The van der Waals surface area contributed by atoms with Gasteiger partial charge < -0.3 is 75.7 Å². The van der Waals surface area contributed by atoms with Crippen LogP contribution >= 0.6 is 0 Å². The van der Waals surface area contributed by atoms with Gasteiger partial charge in [-0.2, -0.15) is 0 Å². The van der Waals surface area contributed by atoms with E-state index < -0.39 is 150 Å². The Balaban J connectivity index is 6.51. The van der Waals surface area contributed by atoms with E-state index in [9.17, 15) is 63.0 Å². The van der Waals surface area contributed by atoms with Gasteiger partial charge in [0.1, 0.15) is 48.3 Å². The van der Waals surface area contributed by atoms with Crippen LogP contribution in [0.4, 0.5) is 0 Å². The minimum atomic E-state index is -1.68. The third-order valence-electron chi connectivity index (χ3n) is 11.6. The fourth-order valence-corrected chi connectivity index (χ4v) is 6.86. The summed E-state index contributed by atoms with van der Waals surface area (Å²) < 4.78 is 0. The Kier molecular flexibility index (Phi) is 29.3. The maximum atomic E-state index is 14.2. The highest BCUT2D eigenvalue weighted by Gasteiger charge is 2.38. The molecule has 0 heterocycles. The molecule has 0 fully saturated rings. The largest absolute Gasteiger partial charge is 0.480 e. The summed E-state index contributed by atoms with van der Waals surface area (Å²) in [6.45, 7) is 16.3. The summed E-state index contributed by atoms with van der Waals surface area (Å²) >= 11 is 0. The van der Waals surface area contributed by atoms with Gasteiger partial charge in [-0.05, 0) is 76.2 Å². The second-order valence-electron chi connectivity index (χ2n) is 18.6. The maximum Gasteiger partial charge on any atom is 0.326 e. The van der Waals surface area contributed by atoms with E-state index >= 15 is 0 Å². The number of aliphatic hydroxyl groups is 1. The standard InChI is InChI=1S/C45H82N12O13/c1-11-23(7)34(42(66)54-33(22(5)6)41(65)52-29(16-17-31(48)59)39(63)53-30(45(69)70)19-21(3)4)55-43(67)35(24(8)12-2)56-44(68)36(26(10)58)57-40(64)28(15-13-14-18-46)51-37(61)25(9)50-38(62)27(47)20-32(49)60/h21-30,33-36,58H,11-20,46-47H2,1-10H3,(H2,48,59)(H2,49,60)(H,50,62)(H,51,61)(H,52,65)(H,53,63)(H,54,66)(H,55,67)(H,56,68)(H,57,64)(H,69,70)/t23?,24?,25-,26?,27-,28-,29-,30-,33-,34-,35-,36-/m0/s1. The highest BCUT2D eigenvalue weighted by atomic mass is 16.4. The number of carboxylic acids is 1. The normalized spacial score (nSPS) is 16.4. The number of aliphatic carboxylic acids is 1. The molecule has 12 atom stereocenters. The third kappa shape index (κ3) is 23.1.